The highest BCUT2D eigenvalue weighted by molar-refractivity contribution is 6.28. The molecule has 2 heteroatoms. The molecule has 26 heavy (non-hydrogen) atoms. The smallest absolute Gasteiger partial charge is 0.0470 e. The fourth-order valence-corrected chi connectivity index (χ4v) is 3.78. The first-order valence-electron chi connectivity index (χ1n) is 8.76. The van der Waals surface area contributed by atoms with Crippen molar-refractivity contribution in [1.82, 2.24) is 0 Å². The molecule has 5 rings (SSSR count). The molecule has 0 saturated heterocycles. The first kappa shape index (κ1) is 14.8. The zero-order valence-electron chi connectivity index (χ0n) is 14.2. The third-order valence-electron chi connectivity index (χ3n) is 4.96. The van der Waals surface area contributed by atoms with Gasteiger partial charge in [0.2, 0.25) is 0 Å². The van der Waals surface area contributed by atoms with E-state index in [1.54, 1.807) is 0 Å². The van der Waals surface area contributed by atoms with Crippen LogP contribution in [0.15, 0.2) is 91.0 Å². The molecule has 0 atom stereocenters. The Morgan fingerprint density at radius 1 is 0.500 bits per heavy atom. The van der Waals surface area contributed by atoms with Crippen molar-refractivity contribution < 1.29 is 0 Å². The number of rotatable bonds is 2. The number of benzene rings is 5. The van der Waals surface area contributed by atoms with Crippen molar-refractivity contribution in [3.05, 3.63) is 91.0 Å². The molecule has 0 aliphatic rings. The molecule has 5 aromatic carbocycles. The molecule has 0 radical (unpaired) electrons. The van der Waals surface area contributed by atoms with Gasteiger partial charge in [0, 0.05) is 22.4 Å². The van der Waals surface area contributed by atoms with E-state index in [9.17, 15) is 0 Å². The maximum absolute atomic E-state index is 5.82. The Labute approximate surface area is 151 Å². The lowest BCUT2D eigenvalue weighted by Gasteiger charge is -2.15. The van der Waals surface area contributed by atoms with Crippen molar-refractivity contribution in [3.8, 4) is 0 Å². The molecule has 5 aromatic rings. The average molecular weight is 334 g/mol. The average Bonchev–Trinajstić information content (AvgIpc) is 2.70. The molecule has 0 aromatic heterocycles. The van der Waals surface area contributed by atoms with E-state index >= 15 is 0 Å². The summed E-state index contributed by atoms with van der Waals surface area (Å²) in [6.45, 7) is 0. The molecule has 0 fully saturated rings. The van der Waals surface area contributed by atoms with E-state index in [4.69, 9.17) is 5.73 Å². The molecule has 0 heterocycles. The summed E-state index contributed by atoms with van der Waals surface area (Å²) in [5.41, 5.74) is 8.73. The predicted molar refractivity (Wildman–Crippen MR) is 113 cm³/mol. The first-order valence-corrected chi connectivity index (χ1v) is 8.76. The topological polar surface area (TPSA) is 38.0 Å². The van der Waals surface area contributed by atoms with Gasteiger partial charge in [-0.15, -0.1) is 0 Å². The molecular formula is C24H18N2. The molecule has 2 nitrogen and oxygen atoms in total. The Hall–Kier alpha value is -3.52. The normalized spacial score (nSPS) is 11.2. The van der Waals surface area contributed by atoms with E-state index in [-0.39, 0.29) is 0 Å². The lowest BCUT2D eigenvalue weighted by Crippen LogP contribution is -1.93. The summed E-state index contributed by atoms with van der Waals surface area (Å²) in [6, 6.07) is 31.6. The predicted octanol–water partition coefficient (Wildman–Crippen LogP) is 6.47. The van der Waals surface area contributed by atoms with Crippen LogP contribution in [-0.2, 0) is 0 Å². The second kappa shape index (κ2) is 5.78. The van der Waals surface area contributed by atoms with Gasteiger partial charge in [0.05, 0.1) is 0 Å². The van der Waals surface area contributed by atoms with Crippen molar-refractivity contribution in [2.75, 3.05) is 11.1 Å². The second-order valence-electron chi connectivity index (χ2n) is 6.57. The Bertz CT molecular complexity index is 1210. The number of hydrogen-bond acceptors (Lipinski definition) is 2. The fraction of sp³-hybridized carbons (Fsp3) is 0. The highest BCUT2D eigenvalue weighted by atomic mass is 14.9. The second-order valence-corrected chi connectivity index (χ2v) is 6.57. The van der Waals surface area contributed by atoms with Crippen molar-refractivity contribution in [3.63, 3.8) is 0 Å². The largest absolute Gasteiger partial charge is 0.399 e. The quantitative estimate of drug-likeness (QED) is 0.287. The zero-order valence-corrected chi connectivity index (χ0v) is 14.2. The summed E-state index contributed by atoms with van der Waals surface area (Å²) >= 11 is 0. The summed E-state index contributed by atoms with van der Waals surface area (Å²) in [7, 11) is 0. The standard InChI is InChI=1S/C24H18N2/c25-16-12-14-17(15-13-16)26-23-11-5-10-22-20-7-2-1-6-18(20)19-8-3-4-9-21(19)24(22)23/h1-15,26H,25H2. The van der Waals surface area contributed by atoms with Crippen LogP contribution in [0.1, 0.15) is 0 Å². The zero-order chi connectivity index (χ0) is 17.5. The minimum Gasteiger partial charge on any atom is -0.399 e. The van der Waals surface area contributed by atoms with E-state index < -0.39 is 0 Å². The van der Waals surface area contributed by atoms with Gasteiger partial charge in [-0.2, -0.15) is 0 Å². The number of nitrogen functional groups attached to an aromatic ring is 1. The molecule has 0 spiro atoms. The summed E-state index contributed by atoms with van der Waals surface area (Å²) in [4.78, 5) is 0. The monoisotopic (exact) mass is 334 g/mol. The van der Waals surface area contributed by atoms with E-state index in [0.29, 0.717) is 0 Å². The van der Waals surface area contributed by atoms with Crippen LogP contribution in [0.25, 0.3) is 32.3 Å². The lowest BCUT2D eigenvalue weighted by atomic mass is 9.93. The Kier molecular flexibility index (Phi) is 3.29. The van der Waals surface area contributed by atoms with Gasteiger partial charge in [-0.1, -0.05) is 60.7 Å². The first-order chi connectivity index (χ1) is 12.8. The third kappa shape index (κ3) is 2.27. The van der Waals surface area contributed by atoms with Crippen LogP contribution in [0.3, 0.4) is 0 Å². The molecule has 0 unspecified atom stereocenters. The molecule has 0 aliphatic carbocycles. The van der Waals surface area contributed by atoms with E-state index in [1.807, 2.05) is 24.3 Å². The lowest BCUT2D eigenvalue weighted by molar-refractivity contribution is 1.58. The van der Waals surface area contributed by atoms with Gasteiger partial charge in [0.1, 0.15) is 0 Å². The molecule has 0 aliphatic heterocycles. The van der Waals surface area contributed by atoms with Gasteiger partial charge in [0.25, 0.3) is 0 Å². The Morgan fingerprint density at radius 2 is 1.00 bits per heavy atom. The fourth-order valence-electron chi connectivity index (χ4n) is 3.78. The van der Waals surface area contributed by atoms with Gasteiger partial charge < -0.3 is 11.1 Å². The highest BCUT2D eigenvalue weighted by Crippen LogP contribution is 2.39. The molecule has 0 saturated carbocycles. The number of nitrogens with one attached hydrogen (secondary N) is 1. The van der Waals surface area contributed by atoms with E-state index in [2.05, 4.69) is 72.0 Å². The van der Waals surface area contributed by atoms with Gasteiger partial charge in [-0.05, 0) is 57.3 Å². The van der Waals surface area contributed by atoms with Crippen LogP contribution in [0, 0.1) is 0 Å². The van der Waals surface area contributed by atoms with Gasteiger partial charge in [-0.3, -0.25) is 0 Å². The van der Waals surface area contributed by atoms with Crippen LogP contribution in [0.5, 0.6) is 0 Å². The van der Waals surface area contributed by atoms with Gasteiger partial charge in [0.15, 0.2) is 0 Å². The van der Waals surface area contributed by atoms with Crippen LogP contribution >= 0.6 is 0 Å². The maximum Gasteiger partial charge on any atom is 0.0470 e. The van der Waals surface area contributed by atoms with Crippen LogP contribution < -0.4 is 11.1 Å². The molecular weight excluding hydrogens is 316 g/mol. The molecule has 0 amide bonds. The SMILES string of the molecule is Nc1ccc(Nc2cccc3c4ccccc4c4ccccc4c23)cc1. The third-order valence-corrected chi connectivity index (χ3v) is 4.96. The van der Waals surface area contributed by atoms with Gasteiger partial charge in [-0.25, -0.2) is 0 Å². The number of hydrogen-bond donors (Lipinski definition) is 2. The van der Waals surface area contributed by atoms with Crippen LogP contribution in [-0.4, -0.2) is 0 Å². The van der Waals surface area contributed by atoms with Crippen molar-refractivity contribution in [1.29, 1.82) is 0 Å². The molecule has 3 N–H and O–H groups in total. The van der Waals surface area contributed by atoms with Gasteiger partial charge >= 0.3 is 0 Å². The molecule has 124 valence electrons. The van der Waals surface area contributed by atoms with E-state index in [1.165, 1.54) is 32.3 Å². The van der Waals surface area contributed by atoms with Crippen molar-refractivity contribution in [2.24, 2.45) is 0 Å². The molecule has 0 bridgehead atoms. The highest BCUT2D eigenvalue weighted by Gasteiger charge is 2.11. The Balaban J connectivity index is 1.86. The summed E-state index contributed by atoms with van der Waals surface area (Å²) in [5, 5.41) is 11.2. The number of fused-ring (bicyclic) bond motifs is 6. The van der Waals surface area contributed by atoms with Crippen LogP contribution in [0.4, 0.5) is 17.1 Å². The summed E-state index contributed by atoms with van der Waals surface area (Å²) in [5.74, 6) is 0. The van der Waals surface area contributed by atoms with Crippen molar-refractivity contribution >= 4 is 49.4 Å². The summed E-state index contributed by atoms with van der Waals surface area (Å²) in [6.07, 6.45) is 0. The Morgan fingerprint density at radius 3 is 1.62 bits per heavy atom. The number of anilines is 3. The van der Waals surface area contributed by atoms with E-state index in [0.717, 1.165) is 17.1 Å². The van der Waals surface area contributed by atoms with Crippen LogP contribution in [0.2, 0.25) is 0 Å². The summed E-state index contributed by atoms with van der Waals surface area (Å²) < 4.78 is 0. The minimum absolute atomic E-state index is 0.768. The minimum atomic E-state index is 0.768. The maximum atomic E-state index is 5.82. The van der Waals surface area contributed by atoms with Crippen molar-refractivity contribution in [2.45, 2.75) is 0 Å². The number of nitrogens with two attached hydrogens (primary N) is 1.